The number of hydrogen-bond acceptors (Lipinski definition) is 4. The molecule has 4 atom stereocenters. The van der Waals surface area contributed by atoms with Crippen molar-refractivity contribution in [2.75, 3.05) is 5.32 Å². The zero-order valence-electron chi connectivity index (χ0n) is 13.5. The van der Waals surface area contributed by atoms with Crippen molar-refractivity contribution < 1.29 is 19.5 Å². The Hall–Kier alpha value is -2.15. The smallest absolute Gasteiger partial charge is 0.307 e. The van der Waals surface area contributed by atoms with Crippen molar-refractivity contribution in [2.24, 2.45) is 29.4 Å². The van der Waals surface area contributed by atoms with Crippen LogP contribution in [0.1, 0.15) is 37.0 Å². The summed E-state index contributed by atoms with van der Waals surface area (Å²) < 4.78 is 0. The quantitative estimate of drug-likeness (QED) is 0.726. The largest absolute Gasteiger partial charge is 0.481 e. The molecule has 1 heterocycles. The van der Waals surface area contributed by atoms with Crippen LogP contribution in [0.2, 0.25) is 0 Å². The molecule has 4 N–H and O–H groups in total. The van der Waals surface area contributed by atoms with Gasteiger partial charge in [0.25, 0.3) is 5.91 Å². The number of allylic oxidation sites excluding steroid dienone is 2. The van der Waals surface area contributed by atoms with Crippen molar-refractivity contribution in [2.45, 2.75) is 26.7 Å². The summed E-state index contributed by atoms with van der Waals surface area (Å²) in [7, 11) is 0. The van der Waals surface area contributed by atoms with Gasteiger partial charge in [-0.2, -0.15) is 0 Å². The lowest BCUT2D eigenvalue weighted by atomic mass is 9.79. The highest BCUT2D eigenvalue weighted by atomic mass is 32.1. The second-order valence-electron chi connectivity index (χ2n) is 6.65. The number of rotatable bonds is 4. The number of aliphatic carboxylic acids is 1. The van der Waals surface area contributed by atoms with Crippen LogP contribution in [0.15, 0.2) is 22.6 Å². The number of nitrogens with two attached hydrogens (primary N) is 1. The van der Waals surface area contributed by atoms with Crippen LogP contribution >= 0.6 is 11.3 Å². The lowest BCUT2D eigenvalue weighted by molar-refractivity contribution is -0.148. The minimum Gasteiger partial charge on any atom is -0.481 e. The van der Waals surface area contributed by atoms with Crippen molar-refractivity contribution in [3.63, 3.8) is 0 Å². The maximum absolute atomic E-state index is 12.8. The zero-order valence-corrected chi connectivity index (χ0v) is 14.4. The Bertz CT molecular complexity index is 748. The van der Waals surface area contributed by atoms with E-state index >= 15 is 0 Å². The van der Waals surface area contributed by atoms with Crippen LogP contribution in [0.4, 0.5) is 5.00 Å². The predicted molar refractivity (Wildman–Crippen MR) is 90.7 cm³/mol. The molecule has 2 aliphatic rings. The SMILES string of the molecule is CC(C)=C1[C@@H]2CC[C@@H]1[C@@H](C(=O)Nc1sccc1C(N)=O)[C@H]2C(=O)O. The van der Waals surface area contributed by atoms with E-state index in [0.29, 0.717) is 5.00 Å². The Morgan fingerprint density at radius 1 is 1.21 bits per heavy atom. The highest BCUT2D eigenvalue weighted by Crippen LogP contribution is 2.57. The number of carboxylic acids is 1. The van der Waals surface area contributed by atoms with Crippen molar-refractivity contribution >= 4 is 34.1 Å². The molecule has 0 aromatic carbocycles. The summed E-state index contributed by atoms with van der Waals surface area (Å²) in [6.45, 7) is 3.95. The Labute approximate surface area is 143 Å². The molecule has 0 spiro atoms. The van der Waals surface area contributed by atoms with E-state index in [9.17, 15) is 19.5 Å². The Balaban J connectivity index is 1.91. The third-order valence-electron chi connectivity index (χ3n) is 5.17. The molecule has 6 nitrogen and oxygen atoms in total. The van der Waals surface area contributed by atoms with Gasteiger partial charge in [-0.3, -0.25) is 14.4 Å². The fraction of sp³-hybridized carbons (Fsp3) is 0.471. The molecule has 7 heteroatoms. The number of anilines is 1. The second kappa shape index (κ2) is 6.05. The molecule has 2 amide bonds. The molecule has 3 rings (SSSR count). The number of fused-ring (bicyclic) bond motifs is 2. The molecule has 24 heavy (non-hydrogen) atoms. The maximum Gasteiger partial charge on any atom is 0.307 e. The number of carbonyl (C=O) groups excluding carboxylic acids is 2. The molecule has 2 bridgehead atoms. The van der Waals surface area contributed by atoms with Crippen LogP contribution in [0.5, 0.6) is 0 Å². The van der Waals surface area contributed by atoms with E-state index in [1.54, 1.807) is 11.4 Å². The van der Waals surface area contributed by atoms with Crippen LogP contribution < -0.4 is 11.1 Å². The number of amides is 2. The molecular formula is C17H20N2O4S. The molecule has 0 saturated heterocycles. The van der Waals surface area contributed by atoms with Crippen LogP contribution in [-0.4, -0.2) is 22.9 Å². The molecule has 2 fully saturated rings. The van der Waals surface area contributed by atoms with Gasteiger partial charge in [-0.05, 0) is 50.0 Å². The number of carbonyl (C=O) groups is 3. The van der Waals surface area contributed by atoms with E-state index in [-0.39, 0.29) is 23.3 Å². The summed E-state index contributed by atoms with van der Waals surface area (Å²) in [5.74, 6) is -3.27. The molecule has 0 radical (unpaired) electrons. The summed E-state index contributed by atoms with van der Waals surface area (Å²) >= 11 is 1.21. The monoisotopic (exact) mass is 348 g/mol. The minimum absolute atomic E-state index is 0.0295. The van der Waals surface area contributed by atoms with Gasteiger partial charge in [0, 0.05) is 0 Å². The first-order chi connectivity index (χ1) is 11.3. The van der Waals surface area contributed by atoms with Gasteiger partial charge in [-0.15, -0.1) is 11.3 Å². The number of hydrogen-bond donors (Lipinski definition) is 3. The molecule has 0 aliphatic heterocycles. The van der Waals surface area contributed by atoms with Crippen LogP contribution in [0.3, 0.4) is 0 Å². The van der Waals surface area contributed by atoms with E-state index in [2.05, 4.69) is 5.32 Å². The van der Waals surface area contributed by atoms with E-state index in [1.165, 1.54) is 11.3 Å². The molecule has 0 unspecified atom stereocenters. The molecular weight excluding hydrogens is 328 g/mol. The Kier molecular flexibility index (Phi) is 4.21. The summed E-state index contributed by atoms with van der Waals surface area (Å²) in [6.07, 6.45) is 1.65. The van der Waals surface area contributed by atoms with Gasteiger partial charge in [0.15, 0.2) is 0 Å². The van der Waals surface area contributed by atoms with Crippen molar-refractivity contribution in [1.82, 2.24) is 0 Å². The first-order valence-electron chi connectivity index (χ1n) is 7.91. The fourth-order valence-electron chi connectivity index (χ4n) is 4.40. The van der Waals surface area contributed by atoms with Gasteiger partial charge in [0.2, 0.25) is 5.91 Å². The third-order valence-corrected chi connectivity index (χ3v) is 6.00. The lowest BCUT2D eigenvalue weighted by Gasteiger charge is -2.26. The summed E-state index contributed by atoms with van der Waals surface area (Å²) in [6, 6.07) is 1.56. The third kappa shape index (κ3) is 2.53. The van der Waals surface area contributed by atoms with Gasteiger partial charge >= 0.3 is 5.97 Å². The predicted octanol–water partition coefficient (Wildman–Crippen LogP) is 2.48. The van der Waals surface area contributed by atoms with E-state index < -0.39 is 23.7 Å². The number of carboxylic acid groups (broad SMARTS) is 1. The van der Waals surface area contributed by atoms with Gasteiger partial charge in [-0.1, -0.05) is 11.1 Å². The number of thiophene rings is 1. The second-order valence-corrected chi connectivity index (χ2v) is 7.57. The van der Waals surface area contributed by atoms with E-state index in [1.807, 2.05) is 13.8 Å². The van der Waals surface area contributed by atoms with Gasteiger partial charge in [0.05, 0.1) is 17.4 Å². The Morgan fingerprint density at radius 3 is 2.38 bits per heavy atom. The normalized spacial score (nSPS) is 28.0. The summed E-state index contributed by atoms with van der Waals surface area (Å²) in [5.41, 5.74) is 7.79. The highest BCUT2D eigenvalue weighted by Gasteiger charge is 2.57. The molecule has 2 saturated carbocycles. The van der Waals surface area contributed by atoms with Crippen molar-refractivity contribution in [3.8, 4) is 0 Å². The first-order valence-corrected chi connectivity index (χ1v) is 8.79. The van der Waals surface area contributed by atoms with Gasteiger partial charge in [0.1, 0.15) is 5.00 Å². The average Bonchev–Trinajstić information content (AvgIpc) is 3.18. The standard InChI is InChI=1S/C17H20N2O4S/c1-7(2)11-8-3-4-9(11)13(17(22)23)12(8)15(21)19-16-10(14(18)20)5-6-24-16/h5-6,8-9,12-13H,3-4H2,1-2H3,(H2,18,20)(H,19,21)(H,22,23)/t8-,9-,12+,13-/m0/s1. The van der Waals surface area contributed by atoms with Crippen LogP contribution in [0.25, 0.3) is 0 Å². The zero-order chi connectivity index (χ0) is 17.6. The highest BCUT2D eigenvalue weighted by molar-refractivity contribution is 7.14. The van der Waals surface area contributed by atoms with Gasteiger partial charge < -0.3 is 16.2 Å². The average molecular weight is 348 g/mol. The van der Waals surface area contributed by atoms with Gasteiger partial charge in [-0.25, -0.2) is 0 Å². The van der Waals surface area contributed by atoms with E-state index in [4.69, 9.17) is 5.73 Å². The maximum atomic E-state index is 12.8. The molecule has 1 aromatic heterocycles. The topological polar surface area (TPSA) is 109 Å². The number of primary amides is 1. The lowest BCUT2D eigenvalue weighted by Crippen LogP contribution is -2.38. The molecule has 128 valence electrons. The number of nitrogens with one attached hydrogen (secondary N) is 1. The molecule has 1 aromatic rings. The Morgan fingerprint density at radius 2 is 1.83 bits per heavy atom. The van der Waals surface area contributed by atoms with Crippen molar-refractivity contribution in [3.05, 3.63) is 28.2 Å². The van der Waals surface area contributed by atoms with E-state index in [0.717, 1.165) is 24.0 Å². The molecule has 2 aliphatic carbocycles. The van der Waals surface area contributed by atoms with Crippen LogP contribution in [-0.2, 0) is 9.59 Å². The van der Waals surface area contributed by atoms with Crippen molar-refractivity contribution in [1.29, 1.82) is 0 Å². The first kappa shape index (κ1) is 16.7. The summed E-state index contributed by atoms with van der Waals surface area (Å²) in [4.78, 5) is 36.0. The van der Waals surface area contributed by atoms with Crippen LogP contribution in [0, 0.1) is 23.7 Å². The minimum atomic E-state index is -0.928. The fourth-order valence-corrected chi connectivity index (χ4v) is 5.20. The summed E-state index contributed by atoms with van der Waals surface area (Å²) in [5, 5.41) is 14.4.